The highest BCUT2D eigenvalue weighted by atomic mass is 32.1. The molecule has 2 fully saturated rings. The van der Waals surface area contributed by atoms with E-state index >= 15 is 0 Å². The summed E-state index contributed by atoms with van der Waals surface area (Å²) in [5, 5.41) is 22.2. The summed E-state index contributed by atoms with van der Waals surface area (Å²) in [6.07, 6.45) is 3.91. The van der Waals surface area contributed by atoms with Gasteiger partial charge in [0.2, 0.25) is 5.91 Å². The number of nitrogens with two attached hydrogens (primary N) is 1. The van der Waals surface area contributed by atoms with Gasteiger partial charge in [0.15, 0.2) is 34.7 Å². The number of aromatic nitrogens is 1. The van der Waals surface area contributed by atoms with Crippen molar-refractivity contribution in [3.63, 3.8) is 0 Å². The first-order chi connectivity index (χ1) is 17.9. The molecule has 11 heteroatoms. The Balaban J connectivity index is 1.61. The van der Waals surface area contributed by atoms with Crippen molar-refractivity contribution in [3.8, 4) is 5.75 Å². The molecule has 0 bridgehead atoms. The van der Waals surface area contributed by atoms with E-state index in [1.807, 2.05) is 19.1 Å². The molecule has 0 aliphatic heterocycles. The van der Waals surface area contributed by atoms with Crippen molar-refractivity contribution in [2.75, 3.05) is 14.1 Å². The molecular formula is C27H27N3O7S. The molecule has 4 N–H and O–H groups in total. The Labute approximate surface area is 222 Å². The summed E-state index contributed by atoms with van der Waals surface area (Å²) in [7, 11) is 3.11. The Morgan fingerprint density at radius 1 is 1.18 bits per heavy atom. The monoisotopic (exact) mass is 537 g/mol. The summed E-state index contributed by atoms with van der Waals surface area (Å²) in [6, 6.07) is 1.93. The normalized spacial score (nSPS) is 30.9. The van der Waals surface area contributed by atoms with E-state index in [9.17, 15) is 34.2 Å². The number of aromatic hydroxyl groups is 1. The maximum Gasteiger partial charge on any atom is 0.235 e. The minimum atomic E-state index is -2.73. The molecule has 38 heavy (non-hydrogen) atoms. The van der Waals surface area contributed by atoms with Crippen molar-refractivity contribution in [2.45, 2.75) is 31.4 Å². The number of primary amides is 1. The van der Waals surface area contributed by atoms with Gasteiger partial charge in [0.1, 0.15) is 5.75 Å². The van der Waals surface area contributed by atoms with Crippen molar-refractivity contribution in [3.05, 3.63) is 44.9 Å². The van der Waals surface area contributed by atoms with E-state index < -0.39 is 64.4 Å². The van der Waals surface area contributed by atoms with E-state index in [2.05, 4.69) is 4.98 Å². The number of hydrogen-bond donors (Lipinski definition) is 3. The second kappa shape index (κ2) is 9.04. The van der Waals surface area contributed by atoms with E-state index in [0.29, 0.717) is 11.1 Å². The smallest absolute Gasteiger partial charge is 0.235 e. The van der Waals surface area contributed by atoms with Crippen LogP contribution in [0, 0.1) is 30.6 Å². The van der Waals surface area contributed by atoms with E-state index in [1.165, 1.54) is 22.3 Å². The first-order valence-electron chi connectivity index (χ1n) is 12.2. The number of phenols is 1. The van der Waals surface area contributed by atoms with Gasteiger partial charge >= 0.3 is 0 Å². The molecule has 2 aromatic rings. The van der Waals surface area contributed by atoms with Crippen LogP contribution in [-0.2, 0) is 25.6 Å². The van der Waals surface area contributed by atoms with Gasteiger partial charge in [-0.1, -0.05) is 12.1 Å². The number of nitrogens with zero attached hydrogens (tertiary/aromatic N) is 2. The van der Waals surface area contributed by atoms with Gasteiger partial charge in [0, 0.05) is 10.8 Å². The summed E-state index contributed by atoms with van der Waals surface area (Å²) in [5.41, 5.74) is 6.39. The first kappa shape index (κ1) is 26.1. The minimum absolute atomic E-state index is 0.0106. The molecule has 5 rings (SSSR count). The van der Waals surface area contributed by atoms with Crippen LogP contribution in [0.1, 0.15) is 38.5 Å². The Hall–Kier alpha value is -3.54. The molecule has 3 aliphatic carbocycles. The predicted octanol–water partition coefficient (Wildman–Crippen LogP) is 0.802. The number of ketones is 4. The van der Waals surface area contributed by atoms with Gasteiger partial charge in [-0.25, -0.2) is 4.98 Å². The number of Topliss-reactive ketones (excluding diaryl/α,β-unsaturated/α-hetero) is 4. The summed E-state index contributed by atoms with van der Waals surface area (Å²) < 4.78 is 0. The molecule has 6 atom stereocenters. The fourth-order valence-corrected chi connectivity index (χ4v) is 7.12. The molecule has 0 saturated heterocycles. The first-order valence-corrected chi connectivity index (χ1v) is 13.0. The molecule has 1 aromatic heterocycles. The average Bonchev–Trinajstić information content (AvgIpc) is 3.25. The molecule has 0 radical (unpaired) electrons. The summed E-state index contributed by atoms with van der Waals surface area (Å²) >= 11 is 1.46. The van der Waals surface area contributed by atoms with Crippen LogP contribution >= 0.6 is 11.3 Å². The molecule has 1 heterocycles. The zero-order valence-electron chi connectivity index (χ0n) is 21.0. The van der Waals surface area contributed by atoms with Crippen LogP contribution in [0.3, 0.4) is 0 Å². The molecule has 1 aromatic carbocycles. The highest BCUT2D eigenvalue weighted by Gasteiger charge is 2.69. The third kappa shape index (κ3) is 3.60. The minimum Gasteiger partial charge on any atom is -0.507 e. The predicted molar refractivity (Wildman–Crippen MR) is 137 cm³/mol. The standard InChI is InChI=1S/C27H27N3O7S/c1-11-17(38-10-29-11)7-5-12-4-6-16(31)19-14(12)8-13-9-15-21(30(2)3)23(33)20(26(28)36)25(35)27(15,37)24(34)18(13)22(19)32/h4-7,10,13,15,18,20-21,31,37H,8-9H2,1-3H3,(H2,28,36)/b7-5+/t13-,15-,18?,20?,21-,27-/m1/s1. The van der Waals surface area contributed by atoms with Crippen LogP contribution in [0.5, 0.6) is 5.75 Å². The van der Waals surface area contributed by atoms with Crippen LogP contribution in [-0.4, -0.2) is 74.9 Å². The van der Waals surface area contributed by atoms with E-state index in [4.69, 9.17) is 5.73 Å². The summed E-state index contributed by atoms with van der Waals surface area (Å²) in [4.78, 5) is 72.7. The van der Waals surface area contributed by atoms with Gasteiger partial charge in [-0.15, -0.1) is 11.3 Å². The van der Waals surface area contributed by atoms with E-state index in [1.54, 1.807) is 25.7 Å². The molecule has 10 nitrogen and oxygen atoms in total. The number of carbonyl (C=O) groups excluding carboxylic acids is 5. The van der Waals surface area contributed by atoms with Crippen LogP contribution in [0.4, 0.5) is 0 Å². The molecule has 198 valence electrons. The fraction of sp³-hybridized carbons (Fsp3) is 0.407. The largest absolute Gasteiger partial charge is 0.507 e. The lowest BCUT2D eigenvalue weighted by Gasteiger charge is -2.52. The van der Waals surface area contributed by atoms with E-state index in [-0.39, 0.29) is 24.2 Å². The van der Waals surface area contributed by atoms with Gasteiger partial charge in [-0.3, -0.25) is 28.9 Å². The van der Waals surface area contributed by atoms with Gasteiger partial charge in [-0.05, 0) is 63.0 Å². The van der Waals surface area contributed by atoms with Gasteiger partial charge in [0.25, 0.3) is 0 Å². The van der Waals surface area contributed by atoms with Crippen LogP contribution in [0.15, 0.2) is 17.6 Å². The molecular weight excluding hydrogens is 510 g/mol. The number of likely N-dealkylation sites (N-methyl/N-ethyl adjacent to an activating group) is 1. The Kier molecular flexibility index (Phi) is 6.20. The van der Waals surface area contributed by atoms with Gasteiger partial charge in [0.05, 0.1) is 28.7 Å². The maximum absolute atomic E-state index is 13.8. The molecule has 2 saturated carbocycles. The quantitative estimate of drug-likeness (QED) is 0.478. The number of rotatable bonds is 4. The van der Waals surface area contributed by atoms with Gasteiger partial charge < -0.3 is 15.9 Å². The van der Waals surface area contributed by atoms with Crippen LogP contribution in [0.25, 0.3) is 12.2 Å². The number of amides is 1. The van der Waals surface area contributed by atoms with Crippen LogP contribution < -0.4 is 5.73 Å². The highest BCUT2D eigenvalue weighted by molar-refractivity contribution is 7.10. The van der Waals surface area contributed by atoms with E-state index in [0.717, 1.165) is 10.6 Å². The van der Waals surface area contributed by atoms with Crippen LogP contribution in [0.2, 0.25) is 0 Å². The lowest BCUT2D eigenvalue weighted by atomic mass is 9.52. The summed E-state index contributed by atoms with van der Waals surface area (Å²) in [6.45, 7) is 1.88. The number of carbonyl (C=O) groups is 5. The molecule has 1 amide bonds. The topological polar surface area (TPSA) is 168 Å². The maximum atomic E-state index is 13.8. The Morgan fingerprint density at radius 2 is 1.89 bits per heavy atom. The molecule has 3 aliphatic rings. The zero-order valence-corrected chi connectivity index (χ0v) is 21.8. The lowest BCUT2D eigenvalue weighted by Crippen LogP contribution is -2.74. The van der Waals surface area contributed by atoms with Crippen molar-refractivity contribution < 1.29 is 34.2 Å². The number of hydrogen-bond acceptors (Lipinski definition) is 10. The van der Waals surface area contributed by atoms with Crippen molar-refractivity contribution in [1.29, 1.82) is 0 Å². The highest BCUT2D eigenvalue weighted by Crippen LogP contribution is 2.51. The third-order valence-electron chi connectivity index (χ3n) is 8.18. The third-order valence-corrected chi connectivity index (χ3v) is 9.07. The number of fused-ring (bicyclic) bond motifs is 3. The number of aryl methyl sites for hydroxylation is 1. The molecule has 2 unspecified atom stereocenters. The number of benzene rings is 1. The molecule has 0 spiro atoms. The Bertz CT molecular complexity index is 1440. The van der Waals surface area contributed by atoms with Crippen molar-refractivity contribution >= 4 is 52.5 Å². The number of phenolic OH excluding ortho intramolecular Hbond substituents is 1. The zero-order chi connectivity index (χ0) is 27.7. The Morgan fingerprint density at radius 3 is 2.50 bits per heavy atom. The number of thiazole rings is 1. The average molecular weight is 538 g/mol. The number of aliphatic hydroxyl groups is 1. The lowest BCUT2D eigenvalue weighted by molar-refractivity contribution is -0.181. The van der Waals surface area contributed by atoms with Gasteiger partial charge in [-0.2, -0.15) is 0 Å². The second-order valence-corrected chi connectivity index (χ2v) is 11.3. The second-order valence-electron chi connectivity index (χ2n) is 10.5. The fourth-order valence-electron chi connectivity index (χ4n) is 6.42. The SMILES string of the molecule is Cc1ncsc1/C=C/c1ccc(O)c2c1C[C@@H]1C[C@@H]3[C@@H](N(C)C)C(=O)C(C(N)=O)C(=O)[C@]3(O)C(=O)C1C2=O. The van der Waals surface area contributed by atoms with Crippen molar-refractivity contribution in [1.82, 2.24) is 9.88 Å². The van der Waals surface area contributed by atoms with Crippen molar-refractivity contribution in [2.24, 2.45) is 29.4 Å². The summed E-state index contributed by atoms with van der Waals surface area (Å²) in [5.74, 6) is -10.5.